The molecule has 0 fully saturated rings. The number of rotatable bonds is 4. The molecule has 21 heavy (non-hydrogen) atoms. The van der Waals surface area contributed by atoms with Crippen molar-refractivity contribution in [3.05, 3.63) is 46.2 Å². The molecule has 0 N–H and O–H groups in total. The summed E-state index contributed by atoms with van der Waals surface area (Å²) in [5, 5.41) is 1.81. The number of carbonyl (C=O) groups excluding carboxylic acids is 1. The maximum atomic E-state index is 12.1. The second-order valence-electron chi connectivity index (χ2n) is 4.68. The number of amides is 1. The zero-order chi connectivity index (χ0) is 15.5. The molecule has 0 bridgehead atoms. The van der Waals surface area contributed by atoms with Gasteiger partial charge in [-0.2, -0.15) is 4.99 Å². The van der Waals surface area contributed by atoms with Gasteiger partial charge in [0.25, 0.3) is 0 Å². The highest BCUT2D eigenvalue weighted by atomic mass is 32.2. The van der Waals surface area contributed by atoms with Crippen LogP contribution < -0.4 is 4.80 Å². The number of aryl methyl sites for hydroxylation is 2. The standard InChI is InChI=1S/C14H16N2O3S2/c1-11-3-5-12(6-4-11)21(18,19)10-7-13(17)15-14-16(2)8-9-20-14/h3-6,8-9H,7,10H2,1-2H3. The molecule has 0 atom stereocenters. The van der Waals surface area contributed by atoms with E-state index in [4.69, 9.17) is 0 Å². The first-order valence-electron chi connectivity index (χ1n) is 6.35. The van der Waals surface area contributed by atoms with E-state index in [1.807, 2.05) is 12.3 Å². The van der Waals surface area contributed by atoms with Gasteiger partial charge in [0.05, 0.1) is 10.6 Å². The Bertz CT molecular complexity index is 799. The lowest BCUT2D eigenvalue weighted by molar-refractivity contribution is -0.117. The third-order valence-corrected chi connectivity index (χ3v) is 5.52. The van der Waals surface area contributed by atoms with E-state index in [9.17, 15) is 13.2 Å². The molecule has 0 radical (unpaired) electrons. The Balaban J connectivity index is 2.07. The molecule has 112 valence electrons. The number of nitrogens with zero attached hydrogens (tertiary/aromatic N) is 2. The van der Waals surface area contributed by atoms with E-state index in [2.05, 4.69) is 4.99 Å². The van der Waals surface area contributed by atoms with E-state index in [1.54, 1.807) is 42.1 Å². The number of carbonyl (C=O) groups is 1. The first kappa shape index (κ1) is 15.7. The Labute approximate surface area is 127 Å². The van der Waals surface area contributed by atoms with Gasteiger partial charge < -0.3 is 4.57 Å². The summed E-state index contributed by atoms with van der Waals surface area (Å²) in [6.45, 7) is 1.89. The van der Waals surface area contributed by atoms with Gasteiger partial charge in [-0.1, -0.05) is 17.7 Å². The zero-order valence-electron chi connectivity index (χ0n) is 11.8. The lowest BCUT2D eigenvalue weighted by atomic mass is 10.2. The average molecular weight is 324 g/mol. The van der Waals surface area contributed by atoms with Crippen molar-refractivity contribution >= 4 is 27.1 Å². The molecule has 0 spiro atoms. The van der Waals surface area contributed by atoms with Crippen molar-refractivity contribution in [3.8, 4) is 0 Å². The van der Waals surface area contributed by atoms with Crippen molar-refractivity contribution in [2.75, 3.05) is 5.75 Å². The van der Waals surface area contributed by atoms with E-state index >= 15 is 0 Å². The molecule has 0 saturated heterocycles. The summed E-state index contributed by atoms with van der Waals surface area (Å²) < 4.78 is 26.0. The molecule has 7 heteroatoms. The lowest BCUT2D eigenvalue weighted by Crippen LogP contribution is -2.15. The normalized spacial score (nSPS) is 12.6. The Morgan fingerprint density at radius 2 is 1.95 bits per heavy atom. The van der Waals surface area contributed by atoms with Crippen LogP contribution in [0.5, 0.6) is 0 Å². The minimum atomic E-state index is -3.45. The predicted octanol–water partition coefficient (Wildman–Crippen LogP) is 1.69. The van der Waals surface area contributed by atoms with Crippen LogP contribution in [-0.4, -0.2) is 24.6 Å². The van der Waals surface area contributed by atoms with Crippen LogP contribution in [0.15, 0.2) is 45.7 Å². The van der Waals surface area contributed by atoms with Crippen LogP contribution in [0.1, 0.15) is 12.0 Å². The van der Waals surface area contributed by atoms with Gasteiger partial charge in [-0.05, 0) is 19.1 Å². The predicted molar refractivity (Wildman–Crippen MR) is 81.7 cm³/mol. The van der Waals surface area contributed by atoms with Gasteiger partial charge in [0.2, 0.25) is 5.91 Å². The van der Waals surface area contributed by atoms with Crippen LogP contribution in [0, 0.1) is 6.92 Å². The molecule has 1 amide bonds. The highest BCUT2D eigenvalue weighted by Crippen LogP contribution is 2.13. The fraction of sp³-hybridized carbons (Fsp3) is 0.286. The fourth-order valence-corrected chi connectivity index (χ4v) is 3.66. The summed E-state index contributed by atoms with van der Waals surface area (Å²) in [5.41, 5.74) is 0.991. The molecule has 1 aromatic heterocycles. The maximum Gasteiger partial charge on any atom is 0.249 e. The highest BCUT2D eigenvalue weighted by Gasteiger charge is 2.16. The van der Waals surface area contributed by atoms with Gasteiger partial charge in [-0.15, -0.1) is 11.3 Å². The maximum absolute atomic E-state index is 12.1. The van der Waals surface area contributed by atoms with E-state index < -0.39 is 15.7 Å². The van der Waals surface area contributed by atoms with Crippen molar-refractivity contribution in [2.45, 2.75) is 18.2 Å². The largest absolute Gasteiger partial charge is 0.327 e. The smallest absolute Gasteiger partial charge is 0.249 e. The summed E-state index contributed by atoms with van der Waals surface area (Å²) in [5.74, 6) is -0.656. The van der Waals surface area contributed by atoms with E-state index in [0.29, 0.717) is 4.80 Å². The molecule has 0 saturated carbocycles. The van der Waals surface area contributed by atoms with Crippen LogP contribution in [0.3, 0.4) is 0 Å². The Kier molecular flexibility index (Phi) is 4.74. The molecule has 2 rings (SSSR count). The third kappa shape index (κ3) is 4.12. The van der Waals surface area contributed by atoms with Gasteiger partial charge in [0.1, 0.15) is 0 Å². The van der Waals surface area contributed by atoms with Gasteiger partial charge in [0, 0.05) is 25.0 Å². The zero-order valence-corrected chi connectivity index (χ0v) is 13.4. The van der Waals surface area contributed by atoms with Crippen molar-refractivity contribution in [1.29, 1.82) is 0 Å². The van der Waals surface area contributed by atoms with Crippen molar-refractivity contribution in [2.24, 2.45) is 12.0 Å². The topological polar surface area (TPSA) is 68.5 Å². The number of hydrogen-bond donors (Lipinski definition) is 0. The monoisotopic (exact) mass is 324 g/mol. The number of benzene rings is 1. The Morgan fingerprint density at radius 3 is 2.52 bits per heavy atom. The number of thiazole rings is 1. The van der Waals surface area contributed by atoms with Crippen LogP contribution in [0.2, 0.25) is 0 Å². The average Bonchev–Trinajstić information content (AvgIpc) is 2.83. The van der Waals surface area contributed by atoms with Crippen molar-refractivity contribution in [3.63, 3.8) is 0 Å². The summed E-state index contributed by atoms with van der Waals surface area (Å²) in [7, 11) is -1.66. The SMILES string of the molecule is Cc1ccc(S(=O)(=O)CCC(=O)N=c2sccn2C)cc1. The molecule has 0 aliphatic rings. The molecular formula is C14H16N2O3S2. The van der Waals surface area contributed by atoms with Crippen LogP contribution >= 0.6 is 11.3 Å². The Morgan fingerprint density at radius 1 is 1.29 bits per heavy atom. The minimum Gasteiger partial charge on any atom is -0.327 e. The van der Waals surface area contributed by atoms with E-state index in [0.717, 1.165) is 5.56 Å². The quantitative estimate of drug-likeness (QED) is 0.859. The van der Waals surface area contributed by atoms with E-state index in [1.165, 1.54) is 11.3 Å². The second kappa shape index (κ2) is 6.36. The van der Waals surface area contributed by atoms with Crippen molar-refractivity contribution in [1.82, 2.24) is 4.57 Å². The molecule has 0 aliphatic carbocycles. The Hall–Kier alpha value is -1.73. The van der Waals surface area contributed by atoms with Gasteiger partial charge in [-0.25, -0.2) is 8.42 Å². The molecule has 1 aromatic carbocycles. The van der Waals surface area contributed by atoms with Gasteiger partial charge in [-0.3, -0.25) is 4.79 Å². The van der Waals surface area contributed by atoms with Crippen LogP contribution in [-0.2, 0) is 21.7 Å². The summed E-state index contributed by atoms with van der Waals surface area (Å²) in [4.78, 5) is 16.5. The number of aromatic nitrogens is 1. The van der Waals surface area contributed by atoms with Crippen LogP contribution in [0.25, 0.3) is 0 Å². The molecule has 2 aromatic rings. The third-order valence-electron chi connectivity index (χ3n) is 2.94. The molecule has 5 nitrogen and oxygen atoms in total. The first-order chi connectivity index (χ1) is 9.88. The molecule has 1 heterocycles. The van der Waals surface area contributed by atoms with E-state index in [-0.39, 0.29) is 17.1 Å². The summed E-state index contributed by atoms with van der Waals surface area (Å²) in [6, 6.07) is 6.60. The minimum absolute atomic E-state index is 0.117. The summed E-state index contributed by atoms with van der Waals surface area (Å²) >= 11 is 1.34. The first-order valence-corrected chi connectivity index (χ1v) is 8.89. The van der Waals surface area contributed by atoms with Gasteiger partial charge in [0.15, 0.2) is 14.6 Å². The number of hydrogen-bond acceptors (Lipinski definition) is 4. The summed E-state index contributed by atoms with van der Waals surface area (Å²) in [6.07, 6.45) is 1.67. The second-order valence-corrected chi connectivity index (χ2v) is 7.67. The van der Waals surface area contributed by atoms with Gasteiger partial charge >= 0.3 is 0 Å². The van der Waals surface area contributed by atoms with Crippen molar-refractivity contribution < 1.29 is 13.2 Å². The fourth-order valence-electron chi connectivity index (χ4n) is 1.68. The number of sulfone groups is 1. The lowest BCUT2D eigenvalue weighted by Gasteiger charge is -2.03. The highest BCUT2D eigenvalue weighted by molar-refractivity contribution is 7.91. The molecular weight excluding hydrogens is 308 g/mol. The molecule has 0 unspecified atom stereocenters. The van der Waals surface area contributed by atoms with Crippen LogP contribution in [0.4, 0.5) is 0 Å². The molecule has 0 aliphatic heterocycles.